The Hall–Kier alpha value is -0.330. The largest absolute Gasteiger partial charge is 0.524 e. The van der Waals surface area contributed by atoms with Crippen LogP contribution in [0.1, 0.15) is 0 Å². The number of hydrogen-bond acceptors (Lipinski definition) is 2. The van der Waals surface area contributed by atoms with E-state index in [0.29, 0.717) is 0 Å². The van der Waals surface area contributed by atoms with E-state index in [-0.39, 0.29) is 0 Å². The fourth-order valence-corrected chi connectivity index (χ4v) is 1.75. The van der Waals surface area contributed by atoms with Gasteiger partial charge in [-0.15, -0.1) is 13.2 Å². The predicted molar refractivity (Wildman–Crippen MR) is 47.7 cm³/mol. The van der Waals surface area contributed by atoms with Gasteiger partial charge in [0.25, 0.3) is 0 Å². The van der Waals surface area contributed by atoms with Gasteiger partial charge in [0, 0.05) is 5.92 Å². The van der Waals surface area contributed by atoms with Crippen molar-refractivity contribution in [1.82, 2.24) is 0 Å². The second kappa shape index (κ2) is 4.04. The van der Waals surface area contributed by atoms with Crippen molar-refractivity contribution in [2.24, 2.45) is 5.92 Å². The summed E-state index contributed by atoms with van der Waals surface area (Å²) in [6.45, 7) is -0.428. The molecule has 1 rings (SSSR count). The van der Waals surface area contributed by atoms with Gasteiger partial charge in [-0.05, 0) is 22.0 Å². The minimum Gasteiger partial charge on any atom is -0.396 e. The van der Waals surface area contributed by atoms with Crippen LogP contribution < -0.4 is 0 Å². The number of allylic oxidation sites excluding steroid dienone is 2. The molecule has 6 heteroatoms. The molecule has 0 amide bonds. The zero-order valence-electron chi connectivity index (χ0n) is 6.96. The van der Waals surface area contributed by atoms with E-state index < -0.39 is 23.4 Å². The molecule has 0 fully saturated rings. The van der Waals surface area contributed by atoms with E-state index in [1.54, 1.807) is 6.08 Å². The Morgan fingerprint density at radius 1 is 1.43 bits per heavy atom. The van der Waals surface area contributed by atoms with Crippen molar-refractivity contribution in [3.05, 3.63) is 24.3 Å². The van der Waals surface area contributed by atoms with Crippen molar-refractivity contribution < 1.29 is 23.0 Å². The van der Waals surface area contributed by atoms with Crippen molar-refractivity contribution in [3.8, 4) is 0 Å². The van der Waals surface area contributed by atoms with E-state index in [2.05, 4.69) is 20.7 Å². The second-order valence-electron chi connectivity index (χ2n) is 2.78. The van der Waals surface area contributed by atoms with Crippen molar-refractivity contribution in [3.63, 3.8) is 0 Å². The monoisotopic (exact) mass is 272 g/mol. The van der Waals surface area contributed by atoms with Crippen molar-refractivity contribution in [1.29, 1.82) is 0 Å². The highest BCUT2D eigenvalue weighted by molar-refractivity contribution is 9.10. The topological polar surface area (TPSA) is 29.5 Å². The smallest absolute Gasteiger partial charge is 0.396 e. The molecule has 2 unspecified atom stereocenters. The molecule has 14 heavy (non-hydrogen) atoms. The third-order valence-electron chi connectivity index (χ3n) is 1.75. The zero-order chi connectivity index (χ0) is 10.8. The first-order valence-electron chi connectivity index (χ1n) is 3.80. The maximum absolute atomic E-state index is 12.0. The first kappa shape index (κ1) is 11.7. The number of hydrogen-bond donors (Lipinski definition) is 1. The van der Waals surface area contributed by atoms with Crippen LogP contribution >= 0.6 is 15.9 Å². The fraction of sp³-hybridized carbons (Fsp3) is 0.500. The molecule has 80 valence electrons. The van der Waals surface area contributed by atoms with Gasteiger partial charge in [-0.3, -0.25) is 4.74 Å². The van der Waals surface area contributed by atoms with Gasteiger partial charge in [0.05, 0.1) is 6.61 Å². The number of rotatable bonds is 2. The first-order chi connectivity index (χ1) is 6.37. The Bertz CT molecular complexity index is 262. The van der Waals surface area contributed by atoms with Crippen LogP contribution in [0, 0.1) is 5.92 Å². The van der Waals surface area contributed by atoms with Crippen molar-refractivity contribution in [2.75, 3.05) is 6.61 Å². The molecular weight excluding hydrogens is 265 g/mol. The highest BCUT2D eigenvalue weighted by Gasteiger charge is 2.45. The maximum atomic E-state index is 12.0. The molecule has 0 heterocycles. The second-order valence-corrected chi connectivity index (χ2v) is 4.02. The van der Waals surface area contributed by atoms with Gasteiger partial charge in [-0.25, -0.2) is 0 Å². The molecule has 2 nitrogen and oxygen atoms in total. The summed E-state index contributed by atoms with van der Waals surface area (Å²) in [5.74, 6) is -0.755. The van der Waals surface area contributed by atoms with E-state index in [4.69, 9.17) is 5.11 Å². The van der Waals surface area contributed by atoms with E-state index >= 15 is 0 Å². The lowest BCUT2D eigenvalue weighted by Crippen LogP contribution is -2.39. The van der Waals surface area contributed by atoms with Crippen LogP contribution in [0.3, 0.4) is 0 Å². The highest BCUT2D eigenvalue weighted by Crippen LogP contribution is 2.39. The molecule has 0 aromatic heterocycles. The SMILES string of the molecule is OCC1C=CC=CC1(Br)OC(F)(F)F. The highest BCUT2D eigenvalue weighted by atomic mass is 79.9. The molecule has 0 aromatic rings. The van der Waals surface area contributed by atoms with E-state index in [0.717, 1.165) is 0 Å². The zero-order valence-corrected chi connectivity index (χ0v) is 8.55. The average Bonchev–Trinajstić information content (AvgIpc) is 2.01. The van der Waals surface area contributed by atoms with Crippen molar-refractivity contribution >= 4 is 15.9 Å². The molecule has 1 aliphatic carbocycles. The van der Waals surface area contributed by atoms with Crippen LogP contribution in [-0.2, 0) is 4.74 Å². The van der Waals surface area contributed by atoms with Gasteiger partial charge in [0.2, 0.25) is 0 Å². The summed E-state index contributed by atoms with van der Waals surface area (Å²) < 4.78 is 38.2. The van der Waals surface area contributed by atoms with Crippen LogP contribution in [-0.4, -0.2) is 22.6 Å². The molecular formula is C8H8BrF3O2. The Morgan fingerprint density at radius 3 is 2.57 bits per heavy atom. The summed E-state index contributed by atoms with van der Waals surface area (Å²) in [6, 6.07) is 0. The Morgan fingerprint density at radius 2 is 2.07 bits per heavy atom. The van der Waals surface area contributed by atoms with Gasteiger partial charge >= 0.3 is 6.36 Å². The van der Waals surface area contributed by atoms with E-state index in [1.165, 1.54) is 18.2 Å². The molecule has 1 N–H and O–H groups in total. The van der Waals surface area contributed by atoms with Crippen LogP contribution in [0.2, 0.25) is 0 Å². The quantitative estimate of drug-likeness (QED) is 0.782. The third kappa shape index (κ3) is 2.83. The van der Waals surface area contributed by atoms with Crippen LogP contribution in [0.25, 0.3) is 0 Å². The molecule has 0 saturated heterocycles. The number of halogens is 4. The molecule has 0 saturated carbocycles. The van der Waals surface area contributed by atoms with Gasteiger partial charge in [-0.1, -0.05) is 18.2 Å². The lowest BCUT2D eigenvalue weighted by molar-refractivity contribution is -0.346. The fourth-order valence-electron chi connectivity index (χ4n) is 1.11. The molecule has 0 aliphatic heterocycles. The Kier molecular flexibility index (Phi) is 3.39. The number of alkyl halides is 4. The Balaban J connectivity index is 2.81. The summed E-state index contributed by atoms with van der Waals surface area (Å²) in [5, 5.41) is 8.86. The Labute approximate surface area is 87.2 Å². The molecule has 0 bridgehead atoms. The summed E-state index contributed by atoms with van der Waals surface area (Å²) in [4.78, 5) is 0. The normalized spacial score (nSPS) is 32.2. The van der Waals surface area contributed by atoms with Gasteiger partial charge in [0.15, 0.2) is 4.51 Å². The number of aliphatic hydroxyl groups is 1. The van der Waals surface area contributed by atoms with Gasteiger partial charge in [-0.2, -0.15) is 0 Å². The van der Waals surface area contributed by atoms with Crippen LogP contribution in [0.5, 0.6) is 0 Å². The van der Waals surface area contributed by atoms with Crippen molar-refractivity contribution in [2.45, 2.75) is 10.9 Å². The minimum atomic E-state index is -4.74. The van der Waals surface area contributed by atoms with Crippen LogP contribution in [0.4, 0.5) is 13.2 Å². The molecule has 1 aliphatic rings. The third-order valence-corrected chi connectivity index (χ3v) is 2.77. The standard InChI is InChI=1S/C8H8BrF3O2/c9-7(14-8(10,11)12)4-2-1-3-6(7)5-13/h1-4,6,13H,5H2. The minimum absolute atomic E-state index is 0.428. The van der Waals surface area contributed by atoms with E-state index in [1.807, 2.05) is 0 Å². The predicted octanol–water partition coefficient (Wildman–Crippen LogP) is 2.35. The lowest BCUT2D eigenvalue weighted by Gasteiger charge is -2.32. The molecule has 0 radical (unpaired) electrons. The first-order valence-corrected chi connectivity index (χ1v) is 4.59. The summed E-state index contributed by atoms with van der Waals surface area (Å²) in [6.07, 6.45) is 0.890. The lowest BCUT2D eigenvalue weighted by atomic mass is 9.98. The average molecular weight is 273 g/mol. The van der Waals surface area contributed by atoms with E-state index in [9.17, 15) is 13.2 Å². The van der Waals surface area contributed by atoms with Crippen LogP contribution in [0.15, 0.2) is 24.3 Å². The molecule has 2 atom stereocenters. The summed E-state index contributed by atoms with van der Waals surface area (Å²) >= 11 is 2.82. The number of ether oxygens (including phenoxy) is 1. The molecule has 0 spiro atoms. The van der Waals surface area contributed by atoms with Gasteiger partial charge in [0.1, 0.15) is 0 Å². The van der Waals surface area contributed by atoms with Gasteiger partial charge < -0.3 is 5.11 Å². The summed E-state index contributed by atoms with van der Waals surface area (Å²) in [7, 11) is 0. The molecule has 0 aromatic carbocycles. The summed E-state index contributed by atoms with van der Waals surface area (Å²) in [5.41, 5.74) is 0. The maximum Gasteiger partial charge on any atom is 0.524 e. The number of aliphatic hydroxyl groups excluding tert-OH is 1.